The average Bonchev–Trinajstić information content (AvgIpc) is 3.18. The topological polar surface area (TPSA) is 41.1 Å². The van der Waals surface area contributed by atoms with Gasteiger partial charge in [-0.3, -0.25) is 4.79 Å². The van der Waals surface area contributed by atoms with Crippen molar-refractivity contribution < 1.29 is 4.79 Å². The Labute approximate surface area is 165 Å². The second-order valence-corrected chi connectivity index (χ2v) is 7.78. The molecule has 0 radical (unpaired) electrons. The third-order valence-corrected chi connectivity index (χ3v) is 6.04. The molecule has 3 unspecified atom stereocenters. The first-order chi connectivity index (χ1) is 13.2. The van der Waals surface area contributed by atoms with Crippen molar-refractivity contribution in [1.82, 2.24) is 5.32 Å². The van der Waals surface area contributed by atoms with Gasteiger partial charge >= 0.3 is 0 Å². The Hall–Kier alpha value is -2.26. The minimum absolute atomic E-state index is 0.00821. The number of anilines is 1. The molecule has 2 aliphatic rings. The zero-order valence-electron chi connectivity index (χ0n) is 15.5. The molecule has 4 rings (SSSR count). The van der Waals surface area contributed by atoms with Crippen LogP contribution in [0.1, 0.15) is 59.6 Å². The first kappa shape index (κ1) is 18.1. The highest BCUT2D eigenvalue weighted by atomic mass is 35.5. The van der Waals surface area contributed by atoms with E-state index in [-0.39, 0.29) is 11.9 Å². The molecule has 2 aromatic rings. The van der Waals surface area contributed by atoms with Crippen molar-refractivity contribution >= 4 is 23.2 Å². The van der Waals surface area contributed by atoms with Gasteiger partial charge in [0.05, 0.1) is 17.3 Å². The lowest BCUT2D eigenvalue weighted by molar-refractivity contribution is 0.0953. The van der Waals surface area contributed by atoms with Crippen LogP contribution in [0.3, 0.4) is 0 Å². The number of amides is 1. The zero-order valence-corrected chi connectivity index (χ0v) is 16.3. The summed E-state index contributed by atoms with van der Waals surface area (Å²) in [6.45, 7) is 2.83. The summed E-state index contributed by atoms with van der Waals surface area (Å²) < 4.78 is 0. The molecule has 140 valence electrons. The largest absolute Gasteiger partial charge is 0.377 e. The quantitative estimate of drug-likeness (QED) is 0.516. The fraction of sp³-hybridized carbons (Fsp3) is 0.348. The van der Waals surface area contributed by atoms with Gasteiger partial charge in [0.15, 0.2) is 0 Å². The highest BCUT2D eigenvalue weighted by molar-refractivity contribution is 6.31. The molecule has 0 fully saturated rings. The van der Waals surface area contributed by atoms with E-state index < -0.39 is 0 Å². The first-order valence-electron chi connectivity index (χ1n) is 9.79. The maximum Gasteiger partial charge on any atom is 0.253 e. The summed E-state index contributed by atoms with van der Waals surface area (Å²) >= 11 is 6.52. The third-order valence-electron chi connectivity index (χ3n) is 5.70. The van der Waals surface area contributed by atoms with Crippen LogP contribution < -0.4 is 10.6 Å². The van der Waals surface area contributed by atoms with Gasteiger partial charge in [-0.15, -0.1) is 0 Å². The van der Waals surface area contributed by atoms with Gasteiger partial charge in [0.1, 0.15) is 0 Å². The molecule has 1 aliphatic carbocycles. The molecule has 0 aromatic heterocycles. The number of halogens is 1. The minimum Gasteiger partial charge on any atom is -0.377 e. The van der Waals surface area contributed by atoms with Crippen molar-refractivity contribution in [3.8, 4) is 0 Å². The van der Waals surface area contributed by atoms with Gasteiger partial charge in [-0.1, -0.05) is 67.4 Å². The molecule has 3 nitrogen and oxygen atoms in total. The van der Waals surface area contributed by atoms with Crippen LogP contribution in [0.15, 0.2) is 54.6 Å². The molecule has 2 aromatic carbocycles. The van der Waals surface area contributed by atoms with E-state index in [0.29, 0.717) is 18.4 Å². The van der Waals surface area contributed by atoms with Crippen molar-refractivity contribution in [2.24, 2.45) is 5.92 Å². The lowest BCUT2D eigenvalue weighted by Gasteiger charge is -2.38. The van der Waals surface area contributed by atoms with Crippen LogP contribution in [0.2, 0.25) is 5.02 Å². The lowest BCUT2D eigenvalue weighted by Crippen LogP contribution is -2.32. The summed E-state index contributed by atoms with van der Waals surface area (Å²) in [7, 11) is 0. The smallest absolute Gasteiger partial charge is 0.253 e. The maximum atomic E-state index is 12.8. The number of carbonyl (C=O) groups is 1. The van der Waals surface area contributed by atoms with Crippen molar-refractivity contribution in [1.29, 1.82) is 0 Å². The molecule has 27 heavy (non-hydrogen) atoms. The number of hydrogen-bond donors (Lipinski definition) is 2. The molecule has 0 spiro atoms. The van der Waals surface area contributed by atoms with Crippen molar-refractivity contribution in [3.63, 3.8) is 0 Å². The number of para-hydroxylation sites is 1. The Bertz CT molecular complexity index is 876. The molecule has 0 saturated heterocycles. The summed E-state index contributed by atoms with van der Waals surface area (Å²) in [5, 5.41) is 7.51. The van der Waals surface area contributed by atoms with Gasteiger partial charge in [0, 0.05) is 17.5 Å². The molecule has 3 atom stereocenters. The normalized spacial score (nSPS) is 22.7. The van der Waals surface area contributed by atoms with Crippen molar-refractivity contribution in [2.45, 2.75) is 38.1 Å². The summed E-state index contributed by atoms with van der Waals surface area (Å²) in [6.07, 6.45) is 7.61. The molecule has 1 amide bonds. The van der Waals surface area contributed by atoms with E-state index in [1.54, 1.807) is 0 Å². The lowest BCUT2D eigenvalue weighted by atomic mass is 9.76. The number of fused-ring (bicyclic) bond motifs is 3. The van der Waals surface area contributed by atoms with Crippen molar-refractivity contribution in [3.05, 3.63) is 76.3 Å². The van der Waals surface area contributed by atoms with Crippen molar-refractivity contribution in [2.75, 3.05) is 11.9 Å². The Balaban J connectivity index is 1.72. The number of carbonyl (C=O) groups excluding carboxylic acids is 1. The Morgan fingerprint density at radius 2 is 2.00 bits per heavy atom. The zero-order chi connectivity index (χ0) is 18.8. The predicted molar refractivity (Wildman–Crippen MR) is 111 cm³/mol. The molecule has 2 N–H and O–H groups in total. The Morgan fingerprint density at radius 3 is 2.81 bits per heavy atom. The SMILES string of the molecule is CCCCNC(=O)c1cccc2c1NC(c1ccccc1Cl)C1CC=CC21. The fourth-order valence-electron chi connectivity index (χ4n) is 4.32. The summed E-state index contributed by atoms with van der Waals surface area (Å²) in [5.41, 5.74) is 3.98. The summed E-state index contributed by atoms with van der Waals surface area (Å²) in [4.78, 5) is 12.8. The average molecular weight is 381 g/mol. The number of nitrogens with one attached hydrogen (secondary N) is 2. The maximum absolute atomic E-state index is 12.8. The highest BCUT2D eigenvalue weighted by Gasteiger charge is 2.39. The number of rotatable bonds is 5. The van der Waals surface area contributed by atoms with Gasteiger partial charge < -0.3 is 10.6 Å². The van der Waals surface area contributed by atoms with Crippen LogP contribution in [-0.4, -0.2) is 12.5 Å². The van der Waals surface area contributed by atoms with Gasteiger partial charge in [-0.25, -0.2) is 0 Å². The molecular weight excluding hydrogens is 356 g/mol. The predicted octanol–water partition coefficient (Wildman–Crippen LogP) is 5.70. The molecule has 1 heterocycles. The van der Waals surface area contributed by atoms with E-state index >= 15 is 0 Å². The van der Waals surface area contributed by atoms with Gasteiger partial charge in [0.2, 0.25) is 0 Å². The number of benzene rings is 2. The molecular formula is C23H25ClN2O. The third kappa shape index (κ3) is 3.37. The van der Waals surface area contributed by atoms with Gasteiger partial charge in [-0.05, 0) is 42.0 Å². The van der Waals surface area contributed by atoms with E-state index in [1.165, 1.54) is 5.56 Å². The Morgan fingerprint density at radius 1 is 1.19 bits per heavy atom. The van der Waals surface area contributed by atoms with Crippen LogP contribution in [0.25, 0.3) is 0 Å². The fourth-order valence-corrected chi connectivity index (χ4v) is 4.57. The van der Waals surface area contributed by atoms with E-state index in [2.05, 4.69) is 41.8 Å². The molecule has 4 heteroatoms. The summed E-state index contributed by atoms with van der Waals surface area (Å²) in [5.74, 6) is 0.716. The highest BCUT2D eigenvalue weighted by Crippen LogP contribution is 2.51. The van der Waals surface area contributed by atoms with E-state index in [9.17, 15) is 4.79 Å². The van der Waals surface area contributed by atoms with Crippen LogP contribution in [0.5, 0.6) is 0 Å². The standard InChI is InChI=1S/C23H25ClN2O/c1-2-3-14-25-23(27)19-12-7-11-17-15-9-6-10-16(15)21(26-22(17)19)18-8-4-5-13-20(18)24/h4-9,11-13,15-16,21,26H,2-3,10,14H2,1H3,(H,25,27). The van der Waals surface area contributed by atoms with Crippen LogP contribution in [0, 0.1) is 5.92 Å². The number of unbranched alkanes of at least 4 members (excludes halogenated alkanes) is 1. The Kier molecular flexibility index (Phi) is 5.22. The van der Waals surface area contributed by atoms with Crippen LogP contribution >= 0.6 is 11.6 Å². The summed E-state index contributed by atoms with van der Waals surface area (Å²) in [6, 6.07) is 14.2. The second kappa shape index (κ2) is 7.77. The minimum atomic E-state index is -0.00821. The van der Waals surface area contributed by atoms with Crippen LogP contribution in [0.4, 0.5) is 5.69 Å². The number of allylic oxidation sites excluding steroid dienone is 2. The molecule has 1 aliphatic heterocycles. The second-order valence-electron chi connectivity index (χ2n) is 7.38. The molecule has 0 bridgehead atoms. The van der Waals surface area contributed by atoms with Crippen LogP contribution in [-0.2, 0) is 0 Å². The molecule has 0 saturated carbocycles. The number of hydrogen-bond acceptors (Lipinski definition) is 2. The van der Waals surface area contributed by atoms with E-state index in [0.717, 1.165) is 41.1 Å². The first-order valence-corrected chi connectivity index (χ1v) is 10.2. The van der Waals surface area contributed by atoms with Gasteiger partial charge in [-0.2, -0.15) is 0 Å². The van der Waals surface area contributed by atoms with E-state index in [1.807, 2.05) is 30.3 Å². The van der Waals surface area contributed by atoms with Gasteiger partial charge in [0.25, 0.3) is 5.91 Å². The van der Waals surface area contributed by atoms with E-state index in [4.69, 9.17) is 11.6 Å². The monoisotopic (exact) mass is 380 g/mol.